The van der Waals surface area contributed by atoms with Gasteiger partial charge in [-0.3, -0.25) is 4.79 Å². The summed E-state index contributed by atoms with van der Waals surface area (Å²) >= 11 is 0. The number of nitrogens with one attached hydrogen (secondary N) is 1. The van der Waals surface area contributed by atoms with Crippen LogP contribution in [0.1, 0.15) is 85.7 Å². The number of hydrogen-bond donors (Lipinski definition) is 2. The molecule has 1 amide bonds. The lowest BCUT2D eigenvalue weighted by Crippen LogP contribution is -2.42. The van der Waals surface area contributed by atoms with E-state index in [1.807, 2.05) is 51.1 Å². The summed E-state index contributed by atoms with van der Waals surface area (Å²) in [5, 5.41) is 15.0. The Hall–Kier alpha value is -3.19. The van der Waals surface area contributed by atoms with Gasteiger partial charge in [0.05, 0.1) is 19.3 Å². The first kappa shape index (κ1) is 25.5. The van der Waals surface area contributed by atoms with E-state index in [0.29, 0.717) is 49.7 Å². The summed E-state index contributed by atoms with van der Waals surface area (Å²) in [5.41, 5.74) is 2.83. The number of hydrogen-bond acceptors (Lipinski definition) is 6. The summed E-state index contributed by atoms with van der Waals surface area (Å²) in [6.07, 6.45) is 6.00. The quantitative estimate of drug-likeness (QED) is 0.387. The minimum Gasteiger partial charge on any atom is -0.490 e. The molecule has 1 aromatic heterocycles. The molecule has 1 spiro atoms. The number of aliphatic hydroxyl groups is 1. The van der Waals surface area contributed by atoms with Gasteiger partial charge in [0, 0.05) is 29.5 Å². The second-order valence-corrected chi connectivity index (χ2v) is 10.1. The molecule has 5 rings (SSSR count). The molecule has 0 radical (unpaired) electrons. The van der Waals surface area contributed by atoms with Crippen LogP contribution in [0, 0.1) is 6.92 Å². The van der Waals surface area contributed by atoms with Gasteiger partial charge in [0.15, 0.2) is 17.3 Å². The van der Waals surface area contributed by atoms with Gasteiger partial charge in [-0.05, 0) is 82.7 Å². The standard InChI is InChI=1S/C30H37NO6/c1-4-34-22-10-9-20(17-25(22)35-5-2)13-16-31-29(33)28-19(3)26-23(36-28)11-12-24-27(26)21(32)18-30(37-24)14-7-6-8-15-30/h9-12,17,21,32H,4-8,13-16,18H2,1-3H3,(H,31,33)/t21-/m1/s1. The number of carbonyl (C=O) groups is 1. The van der Waals surface area contributed by atoms with E-state index in [9.17, 15) is 9.90 Å². The molecule has 1 saturated carbocycles. The highest BCUT2D eigenvalue weighted by Crippen LogP contribution is 2.49. The molecule has 2 heterocycles. The van der Waals surface area contributed by atoms with Crippen LogP contribution in [-0.4, -0.2) is 36.4 Å². The molecule has 7 nitrogen and oxygen atoms in total. The molecule has 3 aromatic rings. The van der Waals surface area contributed by atoms with E-state index in [-0.39, 0.29) is 17.3 Å². The molecule has 2 aromatic carbocycles. The normalized spacial score (nSPS) is 18.3. The predicted octanol–water partition coefficient (Wildman–Crippen LogP) is 6.03. The Balaban J connectivity index is 1.31. The number of fused-ring (bicyclic) bond motifs is 3. The first-order chi connectivity index (χ1) is 17.9. The number of rotatable bonds is 8. The second kappa shape index (κ2) is 10.7. The van der Waals surface area contributed by atoms with Crippen molar-refractivity contribution in [2.45, 2.75) is 77.4 Å². The van der Waals surface area contributed by atoms with E-state index >= 15 is 0 Å². The fourth-order valence-corrected chi connectivity index (χ4v) is 5.87. The maximum Gasteiger partial charge on any atom is 0.287 e. The number of ether oxygens (including phenoxy) is 3. The van der Waals surface area contributed by atoms with E-state index in [0.717, 1.165) is 53.5 Å². The summed E-state index contributed by atoms with van der Waals surface area (Å²) in [6.45, 7) is 7.32. The van der Waals surface area contributed by atoms with Crippen molar-refractivity contribution in [3.63, 3.8) is 0 Å². The van der Waals surface area contributed by atoms with Gasteiger partial charge in [-0.25, -0.2) is 0 Å². The van der Waals surface area contributed by atoms with E-state index in [2.05, 4.69) is 5.32 Å². The minimum absolute atomic E-state index is 0.270. The SMILES string of the molecule is CCOc1ccc(CCNC(=O)c2oc3ccc4c(c3c2C)[C@H](O)CC2(CCCCC2)O4)cc1OCC. The van der Waals surface area contributed by atoms with Gasteiger partial charge in [-0.2, -0.15) is 0 Å². The average molecular weight is 508 g/mol. The van der Waals surface area contributed by atoms with Crippen molar-refractivity contribution in [1.29, 1.82) is 0 Å². The third-order valence-corrected chi connectivity index (χ3v) is 7.60. The van der Waals surface area contributed by atoms with Gasteiger partial charge in [0.1, 0.15) is 16.9 Å². The maximum absolute atomic E-state index is 13.1. The first-order valence-corrected chi connectivity index (χ1v) is 13.5. The zero-order valence-electron chi connectivity index (χ0n) is 22.0. The molecule has 0 unspecified atom stereocenters. The Bertz CT molecular complexity index is 1270. The van der Waals surface area contributed by atoms with E-state index in [1.165, 1.54) is 6.42 Å². The third-order valence-electron chi connectivity index (χ3n) is 7.60. The molecule has 1 atom stereocenters. The molecular weight excluding hydrogens is 470 g/mol. The first-order valence-electron chi connectivity index (χ1n) is 13.5. The number of aryl methyl sites for hydroxylation is 1. The number of carbonyl (C=O) groups excluding carboxylic acids is 1. The fourth-order valence-electron chi connectivity index (χ4n) is 5.87. The highest BCUT2D eigenvalue weighted by atomic mass is 16.5. The van der Waals surface area contributed by atoms with Crippen LogP contribution in [0.2, 0.25) is 0 Å². The Morgan fingerprint density at radius 3 is 2.59 bits per heavy atom. The van der Waals surface area contributed by atoms with E-state index in [4.69, 9.17) is 18.6 Å². The minimum atomic E-state index is -0.642. The second-order valence-electron chi connectivity index (χ2n) is 10.1. The number of aliphatic hydroxyl groups excluding tert-OH is 1. The number of benzene rings is 2. The van der Waals surface area contributed by atoms with Crippen molar-refractivity contribution in [1.82, 2.24) is 5.32 Å². The van der Waals surface area contributed by atoms with Crippen LogP contribution >= 0.6 is 0 Å². The molecule has 198 valence electrons. The molecule has 2 aliphatic rings. The summed E-state index contributed by atoms with van der Waals surface area (Å²) in [5.74, 6) is 2.15. The monoisotopic (exact) mass is 507 g/mol. The van der Waals surface area contributed by atoms with Crippen LogP contribution in [0.15, 0.2) is 34.7 Å². The highest BCUT2D eigenvalue weighted by Gasteiger charge is 2.42. The average Bonchev–Trinajstić information content (AvgIpc) is 3.22. The summed E-state index contributed by atoms with van der Waals surface area (Å²) < 4.78 is 23.8. The molecule has 2 N–H and O–H groups in total. The van der Waals surface area contributed by atoms with Crippen LogP contribution in [0.3, 0.4) is 0 Å². The summed E-state index contributed by atoms with van der Waals surface area (Å²) in [7, 11) is 0. The Kier molecular flexibility index (Phi) is 7.33. The van der Waals surface area contributed by atoms with Crippen LogP contribution < -0.4 is 19.5 Å². The topological polar surface area (TPSA) is 90.2 Å². The van der Waals surface area contributed by atoms with Gasteiger partial charge in [0.2, 0.25) is 0 Å². The summed E-state index contributed by atoms with van der Waals surface area (Å²) in [6, 6.07) is 9.58. The fraction of sp³-hybridized carbons (Fsp3) is 0.500. The highest BCUT2D eigenvalue weighted by molar-refractivity contribution is 6.00. The molecule has 0 saturated heterocycles. The lowest BCUT2D eigenvalue weighted by Gasteiger charge is -2.43. The van der Waals surface area contributed by atoms with Gasteiger partial charge in [-0.15, -0.1) is 0 Å². The van der Waals surface area contributed by atoms with Gasteiger partial charge in [0.25, 0.3) is 5.91 Å². The third kappa shape index (κ3) is 5.01. The van der Waals surface area contributed by atoms with Crippen LogP contribution in [0.25, 0.3) is 11.0 Å². The largest absolute Gasteiger partial charge is 0.490 e. The van der Waals surface area contributed by atoms with E-state index < -0.39 is 6.10 Å². The Morgan fingerprint density at radius 1 is 1.08 bits per heavy atom. The molecular formula is C30H37NO6. The molecule has 1 fully saturated rings. The van der Waals surface area contributed by atoms with Crippen molar-refractivity contribution < 1.29 is 28.5 Å². The van der Waals surface area contributed by atoms with Crippen molar-refractivity contribution in [2.24, 2.45) is 0 Å². The van der Waals surface area contributed by atoms with Gasteiger partial charge >= 0.3 is 0 Å². The zero-order valence-corrected chi connectivity index (χ0v) is 22.0. The lowest BCUT2D eigenvalue weighted by atomic mass is 9.77. The maximum atomic E-state index is 13.1. The van der Waals surface area contributed by atoms with Crippen LogP contribution in [-0.2, 0) is 6.42 Å². The molecule has 37 heavy (non-hydrogen) atoms. The zero-order chi connectivity index (χ0) is 26.0. The van der Waals surface area contributed by atoms with Gasteiger partial charge < -0.3 is 29.1 Å². The van der Waals surface area contributed by atoms with Crippen LogP contribution in [0.5, 0.6) is 17.2 Å². The predicted molar refractivity (Wildman–Crippen MR) is 142 cm³/mol. The van der Waals surface area contributed by atoms with Gasteiger partial charge in [-0.1, -0.05) is 12.5 Å². The Labute approximate surface area is 218 Å². The van der Waals surface area contributed by atoms with Crippen molar-refractivity contribution in [2.75, 3.05) is 19.8 Å². The molecule has 0 bridgehead atoms. The number of amides is 1. The van der Waals surface area contributed by atoms with Crippen LogP contribution in [0.4, 0.5) is 0 Å². The van der Waals surface area contributed by atoms with Crippen molar-refractivity contribution >= 4 is 16.9 Å². The smallest absolute Gasteiger partial charge is 0.287 e. The van der Waals surface area contributed by atoms with E-state index in [1.54, 1.807) is 0 Å². The number of furan rings is 1. The Morgan fingerprint density at radius 2 is 1.84 bits per heavy atom. The van der Waals surface area contributed by atoms with Crippen molar-refractivity contribution in [3.05, 3.63) is 52.8 Å². The van der Waals surface area contributed by atoms with Crippen molar-refractivity contribution in [3.8, 4) is 17.2 Å². The molecule has 1 aliphatic carbocycles. The molecule has 7 heteroatoms. The lowest BCUT2D eigenvalue weighted by molar-refractivity contribution is -0.0373. The summed E-state index contributed by atoms with van der Waals surface area (Å²) in [4.78, 5) is 13.1. The molecule has 1 aliphatic heterocycles.